The maximum absolute atomic E-state index is 13.4. The first-order valence-electron chi connectivity index (χ1n) is 13.8. The molecule has 0 heterocycles. The van der Waals surface area contributed by atoms with Gasteiger partial charge in [0.15, 0.2) is 0 Å². The minimum Gasteiger partial charge on any atom is -0.325 e. The zero-order valence-electron chi connectivity index (χ0n) is 23.5. The van der Waals surface area contributed by atoms with E-state index in [2.05, 4.69) is 31.9 Å². The van der Waals surface area contributed by atoms with Crippen molar-refractivity contribution in [1.82, 2.24) is 5.32 Å². The zero-order chi connectivity index (χ0) is 30.7. The number of amides is 3. The van der Waals surface area contributed by atoms with E-state index in [-0.39, 0.29) is 23.3 Å². The molecular formula is C36H28BrN3O3S. The molecule has 0 unspecified atom stereocenters. The van der Waals surface area contributed by atoms with Crippen LogP contribution in [-0.2, 0) is 9.59 Å². The van der Waals surface area contributed by atoms with Gasteiger partial charge >= 0.3 is 0 Å². The lowest BCUT2D eigenvalue weighted by Crippen LogP contribution is -2.30. The van der Waals surface area contributed by atoms with Gasteiger partial charge in [-0.1, -0.05) is 88.7 Å². The first-order chi connectivity index (χ1) is 21.4. The van der Waals surface area contributed by atoms with Crippen LogP contribution in [0.25, 0.3) is 17.2 Å². The van der Waals surface area contributed by atoms with Gasteiger partial charge in [0.05, 0.1) is 5.75 Å². The Hall–Kier alpha value is -4.92. The highest BCUT2D eigenvalue weighted by molar-refractivity contribution is 9.10. The molecule has 5 aromatic carbocycles. The topological polar surface area (TPSA) is 87.3 Å². The number of carbonyl (C=O) groups excluding carboxylic acids is 3. The van der Waals surface area contributed by atoms with Gasteiger partial charge in [-0.2, -0.15) is 0 Å². The summed E-state index contributed by atoms with van der Waals surface area (Å²) in [7, 11) is 0. The molecule has 0 saturated heterocycles. The molecular weight excluding hydrogens is 634 g/mol. The van der Waals surface area contributed by atoms with Crippen LogP contribution in [0.4, 0.5) is 11.4 Å². The van der Waals surface area contributed by atoms with Crippen molar-refractivity contribution in [2.24, 2.45) is 0 Å². The van der Waals surface area contributed by atoms with E-state index in [0.717, 1.165) is 31.7 Å². The Balaban J connectivity index is 1.26. The molecule has 8 heteroatoms. The van der Waals surface area contributed by atoms with Crippen LogP contribution in [0.15, 0.2) is 149 Å². The van der Waals surface area contributed by atoms with Crippen molar-refractivity contribution in [3.05, 3.63) is 155 Å². The normalized spacial score (nSPS) is 11.0. The van der Waals surface area contributed by atoms with E-state index < -0.39 is 5.91 Å². The molecule has 3 N–H and O–H groups in total. The molecule has 5 aromatic rings. The van der Waals surface area contributed by atoms with E-state index in [9.17, 15) is 14.4 Å². The van der Waals surface area contributed by atoms with E-state index in [1.165, 1.54) is 11.8 Å². The van der Waals surface area contributed by atoms with Crippen LogP contribution >= 0.6 is 27.7 Å². The zero-order valence-corrected chi connectivity index (χ0v) is 25.9. The monoisotopic (exact) mass is 661 g/mol. The van der Waals surface area contributed by atoms with Crippen molar-refractivity contribution in [3.63, 3.8) is 0 Å². The molecule has 0 aliphatic carbocycles. The lowest BCUT2D eigenvalue weighted by molar-refractivity contribution is -0.114. The standard InChI is InChI=1S/C36H28BrN3O3S/c37-29-15-17-30(18-16-29)38-34(41)24-44-32-21-19-31(20-22-32)39-36(43)33(40-35(42)28-9-5-2-6-10-28)23-25-11-13-27(14-12-25)26-7-3-1-4-8-26/h1-23H,24H2,(H,38,41)(H,39,43)(H,40,42)/b33-23-. The van der Waals surface area contributed by atoms with Gasteiger partial charge in [-0.15, -0.1) is 11.8 Å². The van der Waals surface area contributed by atoms with Gasteiger partial charge in [-0.25, -0.2) is 0 Å². The average molecular weight is 663 g/mol. The van der Waals surface area contributed by atoms with Gasteiger partial charge in [0.2, 0.25) is 5.91 Å². The van der Waals surface area contributed by atoms with Crippen LogP contribution in [-0.4, -0.2) is 23.5 Å². The maximum atomic E-state index is 13.4. The first-order valence-corrected chi connectivity index (χ1v) is 15.5. The molecule has 0 aliphatic rings. The van der Waals surface area contributed by atoms with Crippen LogP contribution in [0.3, 0.4) is 0 Å². The fourth-order valence-corrected chi connectivity index (χ4v) is 5.19. The van der Waals surface area contributed by atoms with Crippen molar-refractivity contribution in [1.29, 1.82) is 0 Å². The Bertz CT molecular complexity index is 1760. The molecule has 0 spiro atoms. The van der Waals surface area contributed by atoms with E-state index >= 15 is 0 Å². The molecule has 44 heavy (non-hydrogen) atoms. The van der Waals surface area contributed by atoms with Crippen LogP contribution in [0.1, 0.15) is 15.9 Å². The number of rotatable bonds is 10. The van der Waals surface area contributed by atoms with Gasteiger partial charge in [0, 0.05) is 26.3 Å². The molecule has 218 valence electrons. The van der Waals surface area contributed by atoms with E-state index in [1.807, 2.05) is 97.1 Å². The molecule has 0 fully saturated rings. The second-order valence-corrected chi connectivity index (χ2v) is 11.7. The number of carbonyl (C=O) groups is 3. The Labute approximate surface area is 268 Å². The summed E-state index contributed by atoms with van der Waals surface area (Å²) in [6.07, 6.45) is 1.65. The molecule has 0 atom stereocenters. The SMILES string of the molecule is O=C(CSc1ccc(NC(=O)/C(=C/c2ccc(-c3ccccc3)cc2)NC(=O)c2ccccc2)cc1)Nc1ccc(Br)cc1. The van der Waals surface area contributed by atoms with Crippen LogP contribution in [0, 0.1) is 0 Å². The molecule has 0 radical (unpaired) electrons. The van der Waals surface area contributed by atoms with Crippen molar-refractivity contribution < 1.29 is 14.4 Å². The summed E-state index contributed by atoms with van der Waals surface area (Å²) < 4.78 is 0.940. The Kier molecular flexibility index (Phi) is 10.4. The highest BCUT2D eigenvalue weighted by atomic mass is 79.9. The van der Waals surface area contributed by atoms with Gasteiger partial charge < -0.3 is 16.0 Å². The number of benzene rings is 5. The van der Waals surface area contributed by atoms with Gasteiger partial charge in [-0.05, 0) is 83.4 Å². The largest absolute Gasteiger partial charge is 0.325 e. The van der Waals surface area contributed by atoms with Crippen LogP contribution < -0.4 is 16.0 Å². The fraction of sp³-hybridized carbons (Fsp3) is 0.0278. The Morgan fingerprint density at radius 1 is 0.636 bits per heavy atom. The molecule has 5 rings (SSSR count). The number of nitrogens with one attached hydrogen (secondary N) is 3. The maximum Gasteiger partial charge on any atom is 0.272 e. The highest BCUT2D eigenvalue weighted by Gasteiger charge is 2.15. The number of hydrogen-bond acceptors (Lipinski definition) is 4. The summed E-state index contributed by atoms with van der Waals surface area (Å²) in [4.78, 5) is 39.6. The quantitative estimate of drug-likeness (QED) is 0.104. The van der Waals surface area contributed by atoms with Crippen LogP contribution in [0.5, 0.6) is 0 Å². The summed E-state index contributed by atoms with van der Waals surface area (Å²) in [5, 5.41) is 8.51. The highest BCUT2D eigenvalue weighted by Crippen LogP contribution is 2.23. The van der Waals surface area contributed by atoms with E-state index in [0.29, 0.717) is 11.3 Å². The van der Waals surface area contributed by atoms with E-state index in [4.69, 9.17) is 0 Å². The van der Waals surface area contributed by atoms with E-state index in [1.54, 1.807) is 42.5 Å². The number of halogens is 1. The summed E-state index contributed by atoms with van der Waals surface area (Å²) in [6.45, 7) is 0. The lowest BCUT2D eigenvalue weighted by Gasteiger charge is -2.12. The molecule has 0 saturated carbocycles. The second-order valence-electron chi connectivity index (χ2n) is 9.69. The minimum atomic E-state index is -0.462. The van der Waals surface area contributed by atoms with Crippen molar-refractivity contribution in [2.45, 2.75) is 4.90 Å². The predicted molar refractivity (Wildman–Crippen MR) is 182 cm³/mol. The van der Waals surface area contributed by atoms with Crippen molar-refractivity contribution in [3.8, 4) is 11.1 Å². The first kappa shape index (κ1) is 30.5. The Morgan fingerprint density at radius 3 is 1.86 bits per heavy atom. The summed E-state index contributed by atoms with van der Waals surface area (Å²) in [5.74, 6) is -0.726. The van der Waals surface area contributed by atoms with Crippen molar-refractivity contribution in [2.75, 3.05) is 16.4 Å². The Morgan fingerprint density at radius 2 is 1.20 bits per heavy atom. The van der Waals surface area contributed by atoms with Gasteiger partial charge in [0.1, 0.15) is 5.70 Å². The minimum absolute atomic E-state index is 0.106. The number of anilines is 2. The molecule has 0 bridgehead atoms. The third-order valence-corrected chi connectivity index (χ3v) is 8.01. The fourth-order valence-electron chi connectivity index (χ4n) is 4.22. The third kappa shape index (κ3) is 8.80. The number of thioether (sulfide) groups is 1. The van der Waals surface area contributed by atoms with Gasteiger partial charge in [0.25, 0.3) is 11.8 Å². The second kappa shape index (κ2) is 15.0. The molecule has 0 aliphatic heterocycles. The summed E-state index contributed by atoms with van der Waals surface area (Å²) in [5.41, 5.74) is 4.73. The van der Waals surface area contributed by atoms with Crippen LogP contribution in [0.2, 0.25) is 0 Å². The van der Waals surface area contributed by atoms with Crippen molar-refractivity contribution >= 4 is 62.9 Å². The summed E-state index contributed by atoms with van der Waals surface area (Å²) >= 11 is 4.77. The molecule has 0 aromatic heterocycles. The predicted octanol–water partition coefficient (Wildman–Crippen LogP) is 8.26. The lowest BCUT2D eigenvalue weighted by atomic mass is 10.0. The van der Waals surface area contributed by atoms with Gasteiger partial charge in [-0.3, -0.25) is 14.4 Å². The molecule has 3 amide bonds. The number of hydrogen-bond donors (Lipinski definition) is 3. The molecule has 6 nitrogen and oxygen atoms in total. The summed E-state index contributed by atoms with van der Waals surface area (Å²) in [6, 6.07) is 41.1. The average Bonchev–Trinajstić information content (AvgIpc) is 3.06. The third-order valence-electron chi connectivity index (χ3n) is 6.47. The smallest absolute Gasteiger partial charge is 0.272 e.